The Morgan fingerprint density at radius 2 is 1.79 bits per heavy atom. The van der Waals surface area contributed by atoms with Gasteiger partial charge in [-0.3, -0.25) is 14.9 Å². The second-order valence-corrected chi connectivity index (χ2v) is 9.10. The predicted molar refractivity (Wildman–Crippen MR) is 112 cm³/mol. The molecule has 5 nitrogen and oxygen atoms in total. The van der Waals surface area contributed by atoms with Crippen LogP contribution in [-0.4, -0.2) is 33.1 Å². The van der Waals surface area contributed by atoms with Gasteiger partial charge in [0.2, 0.25) is 0 Å². The summed E-state index contributed by atoms with van der Waals surface area (Å²) in [5.41, 5.74) is 1.94. The molecule has 1 fully saturated rings. The summed E-state index contributed by atoms with van der Waals surface area (Å²) in [6, 6.07) is 6.07. The second kappa shape index (κ2) is 7.66. The molecule has 2 N–H and O–H groups in total. The van der Waals surface area contributed by atoms with E-state index in [9.17, 15) is 9.18 Å². The fourth-order valence-electron chi connectivity index (χ4n) is 4.39. The number of nitrogens with one attached hydrogen (secondary N) is 2. The molecule has 28 heavy (non-hydrogen) atoms. The van der Waals surface area contributed by atoms with Crippen molar-refractivity contribution in [1.29, 1.82) is 0 Å². The van der Waals surface area contributed by atoms with Crippen molar-refractivity contribution < 1.29 is 4.39 Å². The van der Waals surface area contributed by atoms with E-state index in [1.54, 1.807) is 18.3 Å². The zero-order valence-corrected chi connectivity index (χ0v) is 17.5. The SMILES string of the molecule is CCCc1[nH]n(-c2ccc(F)cc2)c(=O)c1C=NC1CC(C)(C)NC(C)(C)C1. The summed E-state index contributed by atoms with van der Waals surface area (Å²) in [7, 11) is 0. The van der Waals surface area contributed by atoms with Crippen LogP contribution in [0.1, 0.15) is 65.1 Å². The van der Waals surface area contributed by atoms with Crippen LogP contribution in [0.4, 0.5) is 4.39 Å². The van der Waals surface area contributed by atoms with Crippen molar-refractivity contribution in [2.45, 2.75) is 77.4 Å². The van der Waals surface area contributed by atoms with Crippen molar-refractivity contribution in [3.05, 3.63) is 51.7 Å². The van der Waals surface area contributed by atoms with E-state index in [0.717, 1.165) is 31.4 Å². The summed E-state index contributed by atoms with van der Waals surface area (Å²) < 4.78 is 14.7. The van der Waals surface area contributed by atoms with Gasteiger partial charge in [-0.25, -0.2) is 9.07 Å². The number of hydrogen-bond acceptors (Lipinski definition) is 3. The second-order valence-electron chi connectivity index (χ2n) is 9.10. The molecular formula is C22H31FN4O. The summed E-state index contributed by atoms with van der Waals surface area (Å²) in [6.07, 6.45) is 5.26. The first-order valence-electron chi connectivity index (χ1n) is 10.0. The highest BCUT2D eigenvalue weighted by molar-refractivity contribution is 5.81. The molecule has 0 unspecified atom stereocenters. The molecule has 3 rings (SSSR count). The minimum absolute atomic E-state index is 0.00245. The maximum atomic E-state index is 13.2. The van der Waals surface area contributed by atoms with E-state index >= 15 is 0 Å². The quantitative estimate of drug-likeness (QED) is 0.764. The van der Waals surface area contributed by atoms with Gasteiger partial charge >= 0.3 is 0 Å². The van der Waals surface area contributed by atoms with Crippen LogP contribution in [0, 0.1) is 5.82 Å². The number of aromatic amines is 1. The van der Waals surface area contributed by atoms with Gasteiger partial charge in [0.05, 0.1) is 17.3 Å². The summed E-state index contributed by atoms with van der Waals surface area (Å²) in [6.45, 7) is 10.8. The van der Waals surface area contributed by atoms with Crippen LogP contribution in [0.2, 0.25) is 0 Å². The number of aromatic nitrogens is 2. The Balaban J connectivity index is 1.93. The van der Waals surface area contributed by atoms with Crippen LogP contribution in [0.15, 0.2) is 34.1 Å². The van der Waals surface area contributed by atoms with Gasteiger partial charge in [0.15, 0.2) is 0 Å². The molecule has 0 spiro atoms. The molecule has 1 aliphatic rings. The van der Waals surface area contributed by atoms with E-state index in [0.29, 0.717) is 11.3 Å². The summed E-state index contributed by atoms with van der Waals surface area (Å²) in [5, 5.41) is 6.84. The topological polar surface area (TPSA) is 62.2 Å². The number of hydrogen-bond donors (Lipinski definition) is 2. The molecule has 1 aromatic carbocycles. The van der Waals surface area contributed by atoms with E-state index in [-0.39, 0.29) is 28.5 Å². The number of nitrogens with zero attached hydrogens (tertiary/aromatic N) is 2. The smallest absolute Gasteiger partial charge is 0.280 e. The summed E-state index contributed by atoms with van der Waals surface area (Å²) >= 11 is 0. The third-order valence-electron chi connectivity index (χ3n) is 5.17. The normalized spacial score (nSPS) is 19.4. The first-order valence-corrected chi connectivity index (χ1v) is 10.0. The molecule has 0 amide bonds. The minimum atomic E-state index is -0.324. The Morgan fingerprint density at radius 1 is 1.18 bits per heavy atom. The van der Waals surface area contributed by atoms with Gasteiger partial charge in [0, 0.05) is 23.0 Å². The van der Waals surface area contributed by atoms with Crippen LogP contribution in [-0.2, 0) is 6.42 Å². The predicted octanol–water partition coefficient (Wildman–Crippen LogP) is 3.99. The highest BCUT2D eigenvalue weighted by Gasteiger charge is 2.37. The molecule has 0 radical (unpaired) electrons. The Kier molecular flexibility index (Phi) is 5.62. The molecule has 1 aliphatic heterocycles. The van der Waals surface area contributed by atoms with Crippen molar-refractivity contribution in [2.24, 2.45) is 4.99 Å². The lowest BCUT2D eigenvalue weighted by Crippen LogP contribution is -2.58. The first kappa shape index (κ1) is 20.5. The van der Waals surface area contributed by atoms with Gasteiger partial charge in [-0.05, 0) is 71.2 Å². The molecule has 0 saturated carbocycles. The Hall–Kier alpha value is -2.21. The number of piperidine rings is 1. The van der Waals surface area contributed by atoms with Gasteiger partial charge in [-0.2, -0.15) is 0 Å². The number of halogens is 1. The number of benzene rings is 1. The Morgan fingerprint density at radius 3 is 2.36 bits per heavy atom. The highest BCUT2D eigenvalue weighted by atomic mass is 19.1. The number of aliphatic imine (C=N–C) groups is 1. The van der Waals surface area contributed by atoms with Crippen LogP contribution >= 0.6 is 0 Å². The highest BCUT2D eigenvalue weighted by Crippen LogP contribution is 2.30. The molecule has 2 aromatic rings. The fraction of sp³-hybridized carbons (Fsp3) is 0.545. The standard InChI is InChI=1S/C22H31FN4O/c1-6-7-19-18(14-24-16-12-21(2,3)26-22(4,5)13-16)20(28)27(25-19)17-10-8-15(23)9-11-17/h8-11,14,16,25-26H,6-7,12-13H2,1-5H3. The maximum Gasteiger partial charge on any atom is 0.280 e. The van der Waals surface area contributed by atoms with Crippen molar-refractivity contribution in [3.63, 3.8) is 0 Å². The number of rotatable bonds is 5. The monoisotopic (exact) mass is 386 g/mol. The summed E-state index contributed by atoms with van der Waals surface area (Å²) in [5.74, 6) is -0.324. The van der Waals surface area contributed by atoms with Crippen molar-refractivity contribution in [3.8, 4) is 5.69 Å². The third-order valence-corrected chi connectivity index (χ3v) is 5.17. The molecule has 1 saturated heterocycles. The average molecular weight is 387 g/mol. The van der Waals surface area contributed by atoms with Crippen LogP contribution in [0.25, 0.3) is 5.69 Å². The van der Waals surface area contributed by atoms with Gasteiger partial charge < -0.3 is 5.32 Å². The van der Waals surface area contributed by atoms with Crippen LogP contribution in [0.3, 0.4) is 0 Å². The molecular weight excluding hydrogens is 355 g/mol. The molecule has 152 valence electrons. The van der Waals surface area contributed by atoms with E-state index in [1.807, 2.05) is 0 Å². The van der Waals surface area contributed by atoms with Crippen molar-refractivity contribution >= 4 is 6.21 Å². The lowest BCUT2D eigenvalue weighted by Gasteiger charge is -2.45. The minimum Gasteiger partial charge on any atom is -0.307 e. The van der Waals surface area contributed by atoms with Gasteiger partial charge in [0.1, 0.15) is 5.82 Å². The lowest BCUT2D eigenvalue weighted by molar-refractivity contribution is 0.164. The fourth-order valence-corrected chi connectivity index (χ4v) is 4.39. The zero-order valence-electron chi connectivity index (χ0n) is 17.5. The van der Waals surface area contributed by atoms with E-state index < -0.39 is 0 Å². The van der Waals surface area contributed by atoms with E-state index in [1.165, 1.54) is 16.8 Å². The van der Waals surface area contributed by atoms with E-state index in [4.69, 9.17) is 4.99 Å². The van der Waals surface area contributed by atoms with Crippen molar-refractivity contribution in [2.75, 3.05) is 0 Å². The number of H-pyrrole nitrogens is 1. The first-order chi connectivity index (χ1) is 13.1. The molecule has 1 aromatic heterocycles. The molecule has 0 aliphatic carbocycles. The largest absolute Gasteiger partial charge is 0.307 e. The lowest BCUT2D eigenvalue weighted by atomic mass is 9.80. The van der Waals surface area contributed by atoms with Crippen LogP contribution in [0.5, 0.6) is 0 Å². The maximum absolute atomic E-state index is 13.2. The summed E-state index contributed by atoms with van der Waals surface area (Å²) in [4.78, 5) is 17.8. The molecule has 6 heteroatoms. The zero-order chi connectivity index (χ0) is 20.5. The van der Waals surface area contributed by atoms with Gasteiger partial charge in [0.25, 0.3) is 5.56 Å². The van der Waals surface area contributed by atoms with Crippen LogP contribution < -0.4 is 10.9 Å². The molecule has 0 bridgehead atoms. The van der Waals surface area contributed by atoms with Gasteiger partial charge in [-0.1, -0.05) is 13.3 Å². The van der Waals surface area contributed by atoms with Crippen molar-refractivity contribution in [1.82, 2.24) is 15.1 Å². The Labute approximate surface area is 166 Å². The number of aryl methyl sites for hydroxylation is 1. The molecule has 0 atom stereocenters. The molecule has 2 heterocycles. The van der Waals surface area contributed by atoms with Gasteiger partial charge in [-0.15, -0.1) is 0 Å². The average Bonchev–Trinajstić information content (AvgIpc) is 2.87. The third kappa shape index (κ3) is 4.61. The van der Waals surface area contributed by atoms with E-state index in [2.05, 4.69) is 45.0 Å². The Bertz CT molecular complexity index is 890.